The molecule has 5 rings (SSSR count). The summed E-state index contributed by atoms with van der Waals surface area (Å²) in [6.45, 7) is 13.9. The number of hydrogen-bond donors (Lipinski definition) is 2. The molecule has 4 heterocycles. The van der Waals surface area contributed by atoms with Crippen LogP contribution in [0.4, 0.5) is 0 Å². The molecule has 0 aliphatic carbocycles. The summed E-state index contributed by atoms with van der Waals surface area (Å²) in [6.07, 6.45) is 10.3. The molecule has 1 aromatic carbocycles. The number of amides is 1. The molecule has 2 saturated heterocycles. The molecular formula is C29H41N7O. The van der Waals surface area contributed by atoms with E-state index in [4.69, 9.17) is 0 Å². The number of nitrogens with zero attached hydrogens (tertiary/aromatic N) is 5. The van der Waals surface area contributed by atoms with Gasteiger partial charge in [0.15, 0.2) is 0 Å². The largest absolute Gasteiger partial charge is 0.348 e. The van der Waals surface area contributed by atoms with Crippen LogP contribution in [-0.4, -0.2) is 66.7 Å². The molecule has 8 heteroatoms. The number of nitrogens with one attached hydrogen (secondary N) is 2. The smallest absolute Gasteiger partial charge is 0.229 e. The monoisotopic (exact) mass is 503 g/mol. The van der Waals surface area contributed by atoms with E-state index in [0.29, 0.717) is 31.0 Å². The van der Waals surface area contributed by atoms with Crippen molar-refractivity contribution in [3.05, 3.63) is 71.8 Å². The van der Waals surface area contributed by atoms with Crippen molar-refractivity contribution in [1.82, 2.24) is 34.6 Å². The van der Waals surface area contributed by atoms with Gasteiger partial charge in [-0.15, -0.1) is 0 Å². The third-order valence-corrected chi connectivity index (χ3v) is 7.77. The highest BCUT2D eigenvalue weighted by Crippen LogP contribution is 2.42. The fraction of sp³-hybridized carbons (Fsp3) is 0.552. The van der Waals surface area contributed by atoms with E-state index in [1.807, 2.05) is 12.4 Å². The first-order valence-electron chi connectivity index (χ1n) is 13.6. The summed E-state index contributed by atoms with van der Waals surface area (Å²) in [5.41, 5.74) is 2.60. The molecule has 0 atom stereocenters. The van der Waals surface area contributed by atoms with Crippen molar-refractivity contribution in [3.8, 4) is 0 Å². The average Bonchev–Trinajstić information content (AvgIpc) is 3.62. The molecule has 2 aliphatic heterocycles. The molecule has 2 aliphatic rings. The fourth-order valence-electron chi connectivity index (χ4n) is 5.91. The van der Waals surface area contributed by atoms with Crippen LogP contribution >= 0.6 is 0 Å². The summed E-state index contributed by atoms with van der Waals surface area (Å²) in [7, 11) is 0. The molecule has 2 fully saturated rings. The van der Waals surface area contributed by atoms with Gasteiger partial charge in [-0.2, -0.15) is 0 Å². The standard InChI is InChI=1S/C29H41N7O/c1-28(2,3)22-34-15-8-29(9-16-34)10-17-36(27(29)37)19-24-6-4-23(5-7-24)18-35(20-25-30-11-12-31-25)21-26-32-13-14-33-26/h4-7,11-14H,8-10,15-22H2,1-3H3,(H,30,31)(H,32,33). The Morgan fingerprint density at radius 3 is 1.97 bits per heavy atom. The molecule has 1 amide bonds. The Labute approximate surface area is 220 Å². The van der Waals surface area contributed by atoms with Gasteiger partial charge in [-0.25, -0.2) is 9.97 Å². The number of piperidine rings is 1. The second-order valence-electron chi connectivity index (χ2n) is 12.1. The first kappa shape index (κ1) is 25.7. The van der Waals surface area contributed by atoms with Crippen molar-refractivity contribution in [3.63, 3.8) is 0 Å². The number of benzene rings is 1. The number of imidazole rings is 2. The Morgan fingerprint density at radius 1 is 0.865 bits per heavy atom. The lowest BCUT2D eigenvalue weighted by molar-refractivity contribution is -0.139. The zero-order valence-electron chi connectivity index (χ0n) is 22.5. The van der Waals surface area contributed by atoms with Gasteiger partial charge >= 0.3 is 0 Å². The van der Waals surface area contributed by atoms with Gasteiger partial charge in [-0.1, -0.05) is 45.0 Å². The van der Waals surface area contributed by atoms with Gasteiger partial charge in [0.05, 0.1) is 18.5 Å². The van der Waals surface area contributed by atoms with Crippen LogP contribution in [-0.2, 0) is 31.0 Å². The minimum atomic E-state index is -0.132. The van der Waals surface area contributed by atoms with E-state index >= 15 is 0 Å². The van der Waals surface area contributed by atoms with Crippen molar-refractivity contribution < 1.29 is 4.79 Å². The summed E-state index contributed by atoms with van der Waals surface area (Å²) in [6, 6.07) is 8.73. The van der Waals surface area contributed by atoms with Crippen LogP contribution in [0.1, 0.15) is 62.8 Å². The lowest BCUT2D eigenvalue weighted by atomic mass is 9.76. The van der Waals surface area contributed by atoms with Crippen LogP contribution in [0.5, 0.6) is 0 Å². The van der Waals surface area contributed by atoms with Crippen LogP contribution in [0, 0.1) is 10.8 Å². The minimum Gasteiger partial charge on any atom is -0.348 e. The summed E-state index contributed by atoms with van der Waals surface area (Å²) >= 11 is 0. The number of aromatic nitrogens is 4. The van der Waals surface area contributed by atoms with Crippen molar-refractivity contribution >= 4 is 5.91 Å². The molecule has 198 valence electrons. The van der Waals surface area contributed by atoms with Crippen LogP contribution in [0.25, 0.3) is 0 Å². The van der Waals surface area contributed by atoms with E-state index in [1.54, 1.807) is 12.4 Å². The van der Waals surface area contributed by atoms with Crippen LogP contribution < -0.4 is 0 Å². The van der Waals surface area contributed by atoms with Gasteiger partial charge in [0.25, 0.3) is 0 Å². The lowest BCUT2D eigenvalue weighted by Gasteiger charge is -2.40. The Morgan fingerprint density at radius 2 is 1.43 bits per heavy atom. The highest BCUT2D eigenvalue weighted by atomic mass is 16.2. The van der Waals surface area contributed by atoms with E-state index in [-0.39, 0.29) is 5.41 Å². The number of rotatable bonds is 9. The minimum absolute atomic E-state index is 0.132. The van der Waals surface area contributed by atoms with Crippen LogP contribution in [0.15, 0.2) is 49.1 Å². The maximum Gasteiger partial charge on any atom is 0.229 e. The highest BCUT2D eigenvalue weighted by molar-refractivity contribution is 5.85. The number of H-pyrrole nitrogens is 2. The molecule has 2 aromatic heterocycles. The quantitative estimate of drug-likeness (QED) is 0.457. The predicted molar refractivity (Wildman–Crippen MR) is 144 cm³/mol. The topological polar surface area (TPSA) is 84.2 Å². The Kier molecular flexibility index (Phi) is 7.49. The molecule has 0 unspecified atom stereocenters. The van der Waals surface area contributed by atoms with Gasteiger partial charge in [0.1, 0.15) is 11.6 Å². The Bertz CT molecular complexity index is 1090. The Hall–Kier alpha value is -2.97. The van der Waals surface area contributed by atoms with E-state index in [1.165, 1.54) is 11.1 Å². The zero-order chi connectivity index (χ0) is 25.9. The maximum absolute atomic E-state index is 13.5. The van der Waals surface area contributed by atoms with Gasteiger partial charge in [0, 0.05) is 51.0 Å². The second kappa shape index (κ2) is 10.8. The molecule has 2 N–H and O–H groups in total. The third-order valence-electron chi connectivity index (χ3n) is 7.77. The number of likely N-dealkylation sites (tertiary alicyclic amines) is 2. The van der Waals surface area contributed by atoms with Crippen LogP contribution in [0.2, 0.25) is 0 Å². The number of hydrogen-bond acceptors (Lipinski definition) is 5. The molecule has 1 spiro atoms. The van der Waals surface area contributed by atoms with Gasteiger partial charge < -0.3 is 19.8 Å². The van der Waals surface area contributed by atoms with Crippen molar-refractivity contribution in [2.45, 2.75) is 66.2 Å². The molecule has 37 heavy (non-hydrogen) atoms. The summed E-state index contributed by atoms with van der Waals surface area (Å²) in [5, 5.41) is 0. The second-order valence-corrected chi connectivity index (χ2v) is 12.1. The molecule has 0 radical (unpaired) electrons. The number of carbonyl (C=O) groups excluding carboxylic acids is 1. The van der Waals surface area contributed by atoms with Crippen molar-refractivity contribution in [2.75, 3.05) is 26.2 Å². The van der Waals surface area contributed by atoms with Gasteiger partial charge in [0.2, 0.25) is 5.91 Å². The average molecular weight is 504 g/mol. The third kappa shape index (κ3) is 6.48. The van der Waals surface area contributed by atoms with Crippen LogP contribution in [0.3, 0.4) is 0 Å². The van der Waals surface area contributed by atoms with E-state index in [9.17, 15) is 4.79 Å². The molecule has 8 nitrogen and oxygen atoms in total. The van der Waals surface area contributed by atoms with Crippen molar-refractivity contribution in [1.29, 1.82) is 0 Å². The van der Waals surface area contributed by atoms with Crippen molar-refractivity contribution in [2.24, 2.45) is 10.8 Å². The number of aromatic amines is 2. The van der Waals surface area contributed by atoms with E-state index in [0.717, 1.165) is 63.6 Å². The zero-order valence-corrected chi connectivity index (χ0v) is 22.5. The lowest BCUT2D eigenvalue weighted by Crippen LogP contribution is -2.46. The van der Waals surface area contributed by atoms with Gasteiger partial charge in [-0.3, -0.25) is 9.69 Å². The number of carbonyl (C=O) groups is 1. The molecule has 0 saturated carbocycles. The normalized spacial score (nSPS) is 18.4. The molecular weight excluding hydrogens is 462 g/mol. The maximum atomic E-state index is 13.5. The van der Waals surface area contributed by atoms with E-state index < -0.39 is 0 Å². The summed E-state index contributed by atoms with van der Waals surface area (Å²) < 4.78 is 0. The Balaban J connectivity index is 1.17. The first-order chi connectivity index (χ1) is 17.8. The predicted octanol–water partition coefficient (Wildman–Crippen LogP) is 4.20. The van der Waals surface area contributed by atoms with Gasteiger partial charge in [-0.05, 0) is 48.9 Å². The van der Waals surface area contributed by atoms with E-state index in [2.05, 4.69) is 79.7 Å². The SMILES string of the molecule is CC(C)(C)CN1CCC2(CC1)CCN(Cc1ccc(CN(Cc3ncc[nH]3)Cc3ncc[nH]3)cc1)C2=O. The molecule has 0 bridgehead atoms. The summed E-state index contributed by atoms with van der Waals surface area (Å²) in [4.78, 5) is 35.6. The molecule has 3 aromatic rings. The fourth-order valence-corrected chi connectivity index (χ4v) is 5.91. The highest BCUT2D eigenvalue weighted by Gasteiger charge is 2.48. The summed E-state index contributed by atoms with van der Waals surface area (Å²) in [5.74, 6) is 2.25. The first-order valence-corrected chi connectivity index (χ1v) is 13.6.